The van der Waals surface area contributed by atoms with E-state index in [1.165, 1.54) is 12.1 Å². The predicted octanol–water partition coefficient (Wildman–Crippen LogP) is 5.85. The van der Waals surface area contributed by atoms with Crippen LogP contribution in [-0.2, 0) is 0 Å². The van der Waals surface area contributed by atoms with E-state index in [1.807, 2.05) is 24.0 Å². The van der Waals surface area contributed by atoms with E-state index in [1.54, 1.807) is 24.3 Å². The molecule has 0 spiro atoms. The van der Waals surface area contributed by atoms with Gasteiger partial charge in [0, 0.05) is 22.8 Å². The summed E-state index contributed by atoms with van der Waals surface area (Å²) in [6.45, 7) is 6.99. The molecular weight excluding hydrogens is 435 g/mol. The number of allylic oxidation sites excluding steroid dienone is 1. The first-order chi connectivity index (χ1) is 14.8. The Morgan fingerprint density at radius 2 is 1.97 bits per heavy atom. The normalized spacial score (nSPS) is 16.8. The lowest BCUT2D eigenvalue weighted by Gasteiger charge is -2.38. The maximum absolute atomic E-state index is 13.5. The SMILES string of the molecule is CC1=C(c2nc(-c3cccc(Cl)c3)no2)C(c2ccc(F)cc2)NC(=S)N1CC(C)C. The Bertz CT molecular complexity index is 1140. The van der Waals surface area contributed by atoms with Crippen LogP contribution in [0.5, 0.6) is 0 Å². The highest BCUT2D eigenvalue weighted by Gasteiger charge is 2.34. The van der Waals surface area contributed by atoms with E-state index >= 15 is 0 Å². The van der Waals surface area contributed by atoms with Gasteiger partial charge in [-0.2, -0.15) is 4.98 Å². The number of hydrogen-bond donors (Lipinski definition) is 1. The van der Waals surface area contributed by atoms with Crippen LogP contribution in [0.3, 0.4) is 0 Å². The molecule has 1 aromatic heterocycles. The van der Waals surface area contributed by atoms with E-state index in [9.17, 15) is 4.39 Å². The van der Waals surface area contributed by atoms with E-state index in [0.29, 0.717) is 27.8 Å². The molecule has 5 nitrogen and oxygen atoms in total. The number of nitrogens with one attached hydrogen (secondary N) is 1. The van der Waals surface area contributed by atoms with Crippen molar-refractivity contribution in [1.82, 2.24) is 20.4 Å². The smallest absolute Gasteiger partial charge is 0.258 e. The van der Waals surface area contributed by atoms with Gasteiger partial charge in [0.25, 0.3) is 5.89 Å². The summed E-state index contributed by atoms with van der Waals surface area (Å²) in [5.74, 6) is 0.916. The summed E-state index contributed by atoms with van der Waals surface area (Å²) in [5, 5.41) is 8.74. The Morgan fingerprint density at radius 3 is 2.65 bits per heavy atom. The third-order valence-corrected chi connectivity index (χ3v) is 5.66. The van der Waals surface area contributed by atoms with Crippen LogP contribution in [0.4, 0.5) is 4.39 Å². The highest BCUT2D eigenvalue weighted by Crippen LogP contribution is 2.37. The van der Waals surface area contributed by atoms with Crippen molar-refractivity contribution in [3.8, 4) is 11.4 Å². The molecule has 0 amide bonds. The molecule has 3 aromatic rings. The second-order valence-electron chi connectivity index (χ2n) is 7.87. The molecule has 1 aliphatic rings. The minimum atomic E-state index is -0.343. The van der Waals surface area contributed by atoms with Gasteiger partial charge >= 0.3 is 0 Å². The summed E-state index contributed by atoms with van der Waals surface area (Å²) >= 11 is 11.8. The molecule has 8 heteroatoms. The van der Waals surface area contributed by atoms with Crippen molar-refractivity contribution < 1.29 is 8.91 Å². The average molecular weight is 457 g/mol. The summed E-state index contributed by atoms with van der Waals surface area (Å²) in [7, 11) is 0. The lowest BCUT2D eigenvalue weighted by molar-refractivity contribution is 0.386. The van der Waals surface area contributed by atoms with Crippen molar-refractivity contribution in [2.45, 2.75) is 26.8 Å². The number of rotatable bonds is 5. The first-order valence-electron chi connectivity index (χ1n) is 9.97. The zero-order valence-electron chi connectivity index (χ0n) is 17.4. The van der Waals surface area contributed by atoms with Crippen LogP contribution in [0.25, 0.3) is 17.0 Å². The molecule has 0 saturated heterocycles. The fourth-order valence-corrected chi connectivity index (χ4v) is 4.15. The van der Waals surface area contributed by atoms with Gasteiger partial charge in [-0.3, -0.25) is 0 Å². The van der Waals surface area contributed by atoms with Gasteiger partial charge < -0.3 is 14.7 Å². The van der Waals surface area contributed by atoms with Crippen LogP contribution >= 0.6 is 23.8 Å². The summed E-state index contributed by atoms with van der Waals surface area (Å²) in [5.41, 5.74) is 3.34. The molecule has 1 atom stereocenters. The van der Waals surface area contributed by atoms with Crippen molar-refractivity contribution in [3.05, 3.63) is 76.5 Å². The van der Waals surface area contributed by atoms with Crippen molar-refractivity contribution >= 4 is 34.5 Å². The van der Waals surface area contributed by atoms with Crippen LogP contribution in [0.2, 0.25) is 5.02 Å². The van der Waals surface area contributed by atoms with Gasteiger partial charge in [-0.05, 0) is 54.9 Å². The predicted molar refractivity (Wildman–Crippen MR) is 124 cm³/mol. The zero-order valence-corrected chi connectivity index (χ0v) is 19.0. The molecule has 4 rings (SSSR count). The molecule has 0 saturated carbocycles. The van der Waals surface area contributed by atoms with Gasteiger partial charge in [0.05, 0.1) is 11.6 Å². The van der Waals surface area contributed by atoms with E-state index in [2.05, 4.69) is 29.3 Å². The van der Waals surface area contributed by atoms with Gasteiger partial charge in [0.1, 0.15) is 5.82 Å². The molecule has 1 unspecified atom stereocenters. The Hall–Kier alpha value is -2.77. The maximum atomic E-state index is 13.5. The molecule has 1 N–H and O–H groups in total. The number of thiocarbonyl (C=S) groups is 1. The molecule has 2 heterocycles. The monoisotopic (exact) mass is 456 g/mol. The van der Waals surface area contributed by atoms with Crippen molar-refractivity contribution in [2.75, 3.05) is 6.54 Å². The standard InChI is InChI=1S/C23H22ClFN4OS/c1-13(2)12-29-14(3)19(20(26-23(29)31)15-7-9-18(25)10-8-15)22-27-21(28-30-22)16-5-4-6-17(24)11-16/h4-11,13,20H,12H2,1-3H3,(H,26,31). The van der Waals surface area contributed by atoms with Crippen molar-refractivity contribution in [2.24, 2.45) is 5.92 Å². The third-order valence-electron chi connectivity index (χ3n) is 5.09. The first-order valence-corrected chi connectivity index (χ1v) is 10.8. The Labute approximate surface area is 190 Å². The summed E-state index contributed by atoms with van der Waals surface area (Å²) in [4.78, 5) is 6.69. The number of nitrogens with zero attached hydrogens (tertiary/aromatic N) is 3. The number of aromatic nitrogens is 2. The van der Waals surface area contributed by atoms with E-state index in [-0.39, 0.29) is 11.9 Å². The van der Waals surface area contributed by atoms with Gasteiger partial charge in [0.15, 0.2) is 5.11 Å². The molecule has 0 bridgehead atoms. The topological polar surface area (TPSA) is 54.2 Å². The molecule has 0 radical (unpaired) electrons. The van der Waals surface area contributed by atoms with Crippen molar-refractivity contribution in [3.63, 3.8) is 0 Å². The van der Waals surface area contributed by atoms with Gasteiger partial charge in [0.2, 0.25) is 5.82 Å². The number of halogens is 2. The van der Waals surface area contributed by atoms with Gasteiger partial charge in [-0.25, -0.2) is 4.39 Å². The average Bonchev–Trinajstić information content (AvgIpc) is 3.21. The summed E-state index contributed by atoms with van der Waals surface area (Å²) in [6, 6.07) is 13.3. The third kappa shape index (κ3) is 4.48. The second-order valence-corrected chi connectivity index (χ2v) is 8.69. The largest absolute Gasteiger partial charge is 0.351 e. The second kappa shape index (κ2) is 8.77. The van der Waals surface area contributed by atoms with E-state index in [0.717, 1.165) is 28.9 Å². The highest BCUT2D eigenvalue weighted by molar-refractivity contribution is 7.80. The van der Waals surface area contributed by atoms with Crippen LogP contribution in [0.15, 0.2) is 58.8 Å². The maximum Gasteiger partial charge on any atom is 0.258 e. The summed E-state index contributed by atoms with van der Waals surface area (Å²) < 4.78 is 19.2. The van der Waals surface area contributed by atoms with Crippen LogP contribution in [0, 0.1) is 11.7 Å². The van der Waals surface area contributed by atoms with Crippen LogP contribution in [0.1, 0.15) is 38.3 Å². The molecule has 0 fully saturated rings. The Kier molecular flexibility index (Phi) is 6.07. The fraction of sp³-hybridized carbons (Fsp3) is 0.261. The van der Waals surface area contributed by atoms with E-state index < -0.39 is 0 Å². The number of hydrogen-bond acceptors (Lipinski definition) is 4. The Morgan fingerprint density at radius 1 is 1.23 bits per heavy atom. The molecule has 0 aliphatic carbocycles. The number of benzene rings is 2. The van der Waals surface area contributed by atoms with Crippen LogP contribution in [-0.4, -0.2) is 26.7 Å². The van der Waals surface area contributed by atoms with Crippen molar-refractivity contribution in [1.29, 1.82) is 0 Å². The molecule has 1 aliphatic heterocycles. The molecular formula is C23H22ClFN4OS. The molecule has 2 aromatic carbocycles. The zero-order chi connectivity index (χ0) is 22.1. The lowest BCUT2D eigenvalue weighted by Crippen LogP contribution is -2.47. The van der Waals surface area contributed by atoms with Gasteiger partial charge in [-0.15, -0.1) is 0 Å². The Balaban J connectivity index is 1.82. The van der Waals surface area contributed by atoms with Gasteiger partial charge in [-0.1, -0.05) is 54.9 Å². The lowest BCUT2D eigenvalue weighted by atomic mass is 9.94. The van der Waals surface area contributed by atoms with E-state index in [4.69, 9.17) is 28.3 Å². The highest BCUT2D eigenvalue weighted by atomic mass is 35.5. The minimum Gasteiger partial charge on any atom is -0.351 e. The molecule has 160 valence electrons. The molecule has 31 heavy (non-hydrogen) atoms. The van der Waals surface area contributed by atoms with Crippen LogP contribution < -0.4 is 5.32 Å². The quantitative estimate of drug-likeness (QED) is 0.486. The fourth-order valence-electron chi connectivity index (χ4n) is 3.63. The summed E-state index contributed by atoms with van der Waals surface area (Å²) in [6.07, 6.45) is 0. The first kappa shape index (κ1) is 21.5. The minimum absolute atomic E-state index is 0.299.